The molecule has 0 rings (SSSR count). The number of allylic oxidation sites excluding steroid dienone is 7. The molecule has 0 saturated carbocycles. The van der Waals surface area contributed by atoms with Crippen molar-refractivity contribution in [1.29, 1.82) is 0 Å². The molecule has 0 aromatic carbocycles. The highest BCUT2D eigenvalue weighted by atomic mass is 31.2. The summed E-state index contributed by atoms with van der Waals surface area (Å²) in [6.45, 7) is 4.70. The first-order chi connectivity index (χ1) is 28.5. The largest absolute Gasteiger partial charge is 0.472 e. The van der Waals surface area contributed by atoms with E-state index in [0.29, 0.717) is 17.4 Å². The lowest BCUT2D eigenvalue weighted by atomic mass is 10.0. The smallest absolute Gasteiger partial charge is 0.387 e. The number of quaternary nitrogens is 1. The molecule has 0 fully saturated rings. The number of rotatable bonds is 44. The van der Waals surface area contributed by atoms with Gasteiger partial charge in [-0.3, -0.25) is 13.8 Å². The van der Waals surface area contributed by atoms with E-state index in [1.54, 1.807) is 6.08 Å². The third-order valence-corrected chi connectivity index (χ3v) is 11.8. The molecule has 0 aromatic heterocycles. The Bertz CT molecular complexity index is 1100. The number of phosphoric acid groups is 1. The van der Waals surface area contributed by atoms with Crippen LogP contribution in [0.3, 0.4) is 0 Å². The first-order valence-corrected chi connectivity index (χ1v) is 26.0. The maximum absolute atomic E-state index is 12.8. The zero-order valence-electron chi connectivity index (χ0n) is 39.2. The molecule has 0 spiro atoms. The van der Waals surface area contributed by atoms with Crippen molar-refractivity contribution in [1.82, 2.24) is 5.32 Å². The third-order valence-electron chi connectivity index (χ3n) is 10.8. The molecule has 8 nitrogen and oxygen atoms in total. The number of aliphatic hydroxyl groups excluding tert-OH is 1. The summed E-state index contributed by atoms with van der Waals surface area (Å²) < 4.78 is 23.5. The zero-order valence-corrected chi connectivity index (χ0v) is 40.1. The van der Waals surface area contributed by atoms with Gasteiger partial charge in [-0.05, 0) is 57.8 Å². The molecule has 0 aliphatic carbocycles. The van der Waals surface area contributed by atoms with Crippen molar-refractivity contribution >= 4 is 13.7 Å². The molecule has 0 aliphatic rings. The summed E-state index contributed by atoms with van der Waals surface area (Å²) in [5, 5.41) is 13.7. The van der Waals surface area contributed by atoms with Crippen LogP contribution in [-0.4, -0.2) is 73.4 Å². The van der Waals surface area contributed by atoms with Gasteiger partial charge in [0.25, 0.3) is 0 Å². The molecule has 9 heteroatoms. The topological polar surface area (TPSA) is 105 Å². The molecule has 59 heavy (non-hydrogen) atoms. The lowest BCUT2D eigenvalue weighted by Crippen LogP contribution is -2.45. The number of nitrogens with one attached hydrogen (secondary N) is 1. The summed E-state index contributed by atoms with van der Waals surface area (Å²) in [6.07, 6.45) is 53.7. The monoisotopic (exact) mass is 852 g/mol. The predicted octanol–water partition coefficient (Wildman–Crippen LogP) is 14.0. The number of hydrogen-bond acceptors (Lipinski definition) is 5. The van der Waals surface area contributed by atoms with Crippen LogP contribution in [0.1, 0.15) is 213 Å². The maximum atomic E-state index is 12.8. The molecule has 3 unspecified atom stereocenters. The van der Waals surface area contributed by atoms with Crippen molar-refractivity contribution in [3.05, 3.63) is 48.6 Å². The molecule has 3 N–H and O–H groups in total. The summed E-state index contributed by atoms with van der Waals surface area (Å²) >= 11 is 0. The van der Waals surface area contributed by atoms with Crippen molar-refractivity contribution in [3.63, 3.8) is 0 Å². The Morgan fingerprint density at radius 1 is 0.576 bits per heavy atom. The van der Waals surface area contributed by atoms with Gasteiger partial charge in [0.05, 0.1) is 39.9 Å². The van der Waals surface area contributed by atoms with Crippen molar-refractivity contribution < 1.29 is 32.9 Å². The molecule has 0 radical (unpaired) electrons. The van der Waals surface area contributed by atoms with Gasteiger partial charge < -0.3 is 19.8 Å². The van der Waals surface area contributed by atoms with Crippen LogP contribution in [0.2, 0.25) is 0 Å². The summed E-state index contributed by atoms with van der Waals surface area (Å²) in [6, 6.07) is -0.860. The van der Waals surface area contributed by atoms with E-state index in [-0.39, 0.29) is 19.1 Å². The van der Waals surface area contributed by atoms with Gasteiger partial charge in [0.1, 0.15) is 13.2 Å². The normalized spacial score (nSPS) is 14.6. The molecule has 0 saturated heterocycles. The van der Waals surface area contributed by atoms with Crippen LogP contribution in [0, 0.1) is 0 Å². The molecule has 0 heterocycles. The van der Waals surface area contributed by atoms with E-state index in [1.807, 2.05) is 27.2 Å². The van der Waals surface area contributed by atoms with Gasteiger partial charge in [-0.2, -0.15) is 0 Å². The van der Waals surface area contributed by atoms with Crippen LogP contribution < -0.4 is 5.32 Å². The SMILES string of the molecule is CCCC/C=C/CC/C=C/C(O)C(COP(=O)(O)OCC[N+](C)(C)C)NC(=O)CCCCCCCCCCCCCCCCCCC/C=C\C/C=C\CCCCCCC. The van der Waals surface area contributed by atoms with Crippen molar-refractivity contribution in [2.45, 2.75) is 225 Å². The van der Waals surface area contributed by atoms with Crippen LogP contribution >= 0.6 is 7.82 Å². The van der Waals surface area contributed by atoms with Crippen LogP contribution in [0.25, 0.3) is 0 Å². The van der Waals surface area contributed by atoms with Crippen LogP contribution in [0.15, 0.2) is 48.6 Å². The Morgan fingerprint density at radius 2 is 1.00 bits per heavy atom. The number of likely N-dealkylation sites (N-methyl/N-ethyl adjacent to an activating group) is 1. The van der Waals surface area contributed by atoms with E-state index in [1.165, 1.54) is 148 Å². The van der Waals surface area contributed by atoms with Crippen molar-refractivity contribution in [2.75, 3.05) is 40.9 Å². The van der Waals surface area contributed by atoms with Crippen molar-refractivity contribution in [2.24, 2.45) is 0 Å². The number of carbonyl (C=O) groups is 1. The summed E-state index contributed by atoms with van der Waals surface area (Å²) in [5.74, 6) is -0.190. The van der Waals surface area contributed by atoms with Gasteiger partial charge in [0.2, 0.25) is 5.91 Å². The van der Waals surface area contributed by atoms with Crippen molar-refractivity contribution in [3.8, 4) is 0 Å². The Morgan fingerprint density at radius 3 is 1.51 bits per heavy atom. The minimum absolute atomic E-state index is 0.0555. The predicted molar refractivity (Wildman–Crippen MR) is 254 cm³/mol. The summed E-state index contributed by atoms with van der Waals surface area (Å²) in [4.78, 5) is 23.1. The number of carbonyl (C=O) groups excluding carboxylic acids is 1. The first kappa shape index (κ1) is 57.5. The molecule has 3 atom stereocenters. The minimum Gasteiger partial charge on any atom is -0.387 e. The van der Waals surface area contributed by atoms with E-state index in [2.05, 4.69) is 55.6 Å². The highest BCUT2D eigenvalue weighted by Gasteiger charge is 2.27. The molecular weight excluding hydrogens is 756 g/mol. The second-order valence-corrected chi connectivity index (χ2v) is 19.3. The van der Waals surface area contributed by atoms with E-state index in [0.717, 1.165) is 44.9 Å². The van der Waals surface area contributed by atoms with E-state index >= 15 is 0 Å². The fraction of sp³-hybridized carbons (Fsp3) is 0.820. The van der Waals surface area contributed by atoms with Crippen LogP contribution in [0.4, 0.5) is 0 Å². The third kappa shape index (κ3) is 44.3. The molecule has 0 aromatic rings. The number of phosphoric ester groups is 1. The fourth-order valence-electron chi connectivity index (χ4n) is 6.84. The molecule has 0 bridgehead atoms. The van der Waals surface area contributed by atoms with Crippen LogP contribution in [0.5, 0.6) is 0 Å². The highest BCUT2D eigenvalue weighted by Crippen LogP contribution is 2.43. The Balaban J connectivity index is 4.01. The Kier molecular flexibility index (Phi) is 40.7. The average Bonchev–Trinajstić information content (AvgIpc) is 3.19. The van der Waals surface area contributed by atoms with Gasteiger partial charge in [0.15, 0.2) is 0 Å². The summed E-state index contributed by atoms with van der Waals surface area (Å²) in [7, 11) is 1.55. The number of hydrogen-bond donors (Lipinski definition) is 3. The quantitative estimate of drug-likeness (QED) is 0.0244. The van der Waals surface area contributed by atoms with Gasteiger partial charge in [-0.1, -0.05) is 197 Å². The second kappa shape index (κ2) is 41.8. The lowest BCUT2D eigenvalue weighted by Gasteiger charge is -2.25. The van der Waals surface area contributed by atoms with Crippen LogP contribution in [-0.2, 0) is 18.4 Å². The number of nitrogens with zero attached hydrogens (tertiary/aromatic N) is 1. The fourth-order valence-corrected chi connectivity index (χ4v) is 7.57. The maximum Gasteiger partial charge on any atom is 0.472 e. The molecule has 0 aliphatic heterocycles. The summed E-state index contributed by atoms with van der Waals surface area (Å²) in [5.41, 5.74) is 0. The second-order valence-electron chi connectivity index (χ2n) is 17.8. The Hall–Kier alpha value is -1.54. The molecule has 1 amide bonds. The number of unbranched alkanes of at least 4 members (excludes halogenated alkanes) is 25. The number of aliphatic hydroxyl groups is 1. The molecular formula is C50H96N2O6P+. The highest BCUT2D eigenvalue weighted by molar-refractivity contribution is 7.47. The van der Waals surface area contributed by atoms with E-state index in [9.17, 15) is 19.4 Å². The molecule has 346 valence electrons. The lowest BCUT2D eigenvalue weighted by molar-refractivity contribution is -0.870. The van der Waals surface area contributed by atoms with E-state index in [4.69, 9.17) is 9.05 Å². The number of amides is 1. The Labute approximate surface area is 365 Å². The van der Waals surface area contributed by atoms with Gasteiger partial charge >= 0.3 is 7.82 Å². The first-order valence-electron chi connectivity index (χ1n) is 24.5. The minimum atomic E-state index is -4.34. The van der Waals surface area contributed by atoms with Gasteiger partial charge in [0, 0.05) is 6.42 Å². The standard InChI is InChI=1S/C50H95N2O6P/c1-6-8-10-12-14-16-17-18-19-20-21-22-23-24-25-26-27-28-29-30-31-32-33-34-35-36-38-40-42-44-50(54)51-48(47-58-59(55,56)57-46-45-52(3,4)5)49(53)43-41-39-37-15-13-11-9-7-2/h13,15,17-18,20-21,41,43,48-49,53H,6-12,14,16,19,22-40,42,44-47H2,1-5H3,(H-,51,54,55,56)/p+1/b15-13+,18-17-,21-20-,43-41+. The average molecular weight is 852 g/mol. The van der Waals surface area contributed by atoms with Gasteiger partial charge in [-0.25, -0.2) is 4.57 Å². The van der Waals surface area contributed by atoms with Gasteiger partial charge in [-0.15, -0.1) is 0 Å². The van der Waals surface area contributed by atoms with E-state index < -0.39 is 20.0 Å². The zero-order chi connectivity index (χ0) is 43.6.